The second kappa shape index (κ2) is 11.5. The predicted octanol–water partition coefficient (Wildman–Crippen LogP) is 3.50. The molecule has 0 saturated carbocycles. The Balaban J connectivity index is 1.47. The molecule has 2 N–H and O–H groups in total. The van der Waals surface area contributed by atoms with E-state index in [1.807, 2.05) is 55.5 Å². The number of hydrogen-bond acceptors (Lipinski definition) is 6. The van der Waals surface area contributed by atoms with Gasteiger partial charge in [-0.2, -0.15) is 0 Å². The van der Waals surface area contributed by atoms with Gasteiger partial charge in [-0.25, -0.2) is 0 Å². The average molecular weight is 468 g/mol. The van der Waals surface area contributed by atoms with Crippen molar-refractivity contribution in [2.75, 3.05) is 11.1 Å². The fourth-order valence-corrected chi connectivity index (χ4v) is 3.76. The Morgan fingerprint density at radius 1 is 1.12 bits per heavy atom. The summed E-state index contributed by atoms with van der Waals surface area (Å²) in [5.74, 6) is 1.07. The van der Waals surface area contributed by atoms with Crippen molar-refractivity contribution < 1.29 is 14.3 Å². The predicted molar refractivity (Wildman–Crippen MR) is 129 cm³/mol. The van der Waals surface area contributed by atoms with E-state index in [1.165, 1.54) is 17.3 Å². The minimum absolute atomic E-state index is 0.120. The van der Waals surface area contributed by atoms with Crippen LogP contribution in [-0.4, -0.2) is 38.4 Å². The van der Waals surface area contributed by atoms with Crippen molar-refractivity contribution >= 4 is 29.3 Å². The van der Waals surface area contributed by atoms with Crippen LogP contribution in [-0.2, 0) is 29.6 Å². The number of benzene rings is 2. The van der Waals surface area contributed by atoms with Gasteiger partial charge in [0.2, 0.25) is 5.91 Å². The maximum atomic E-state index is 12.4. The minimum Gasteiger partial charge on any atom is -0.481 e. The van der Waals surface area contributed by atoms with Gasteiger partial charge in [-0.05, 0) is 49.6 Å². The van der Waals surface area contributed by atoms with Crippen LogP contribution in [0, 0.1) is 6.92 Å². The summed E-state index contributed by atoms with van der Waals surface area (Å²) in [7, 11) is 1.80. The molecule has 2 aromatic carbocycles. The van der Waals surface area contributed by atoms with E-state index in [-0.39, 0.29) is 24.1 Å². The van der Waals surface area contributed by atoms with Crippen molar-refractivity contribution in [3.05, 3.63) is 65.5 Å². The lowest BCUT2D eigenvalue weighted by molar-refractivity contribution is -0.127. The topological polar surface area (TPSA) is 98.1 Å². The normalized spacial score (nSPS) is 11.6. The number of ether oxygens (including phenoxy) is 1. The van der Waals surface area contributed by atoms with E-state index >= 15 is 0 Å². The first-order valence-electron chi connectivity index (χ1n) is 10.8. The van der Waals surface area contributed by atoms with Gasteiger partial charge in [-0.15, -0.1) is 10.2 Å². The number of hydrogen-bond donors (Lipinski definition) is 2. The molecule has 3 rings (SSSR count). The largest absolute Gasteiger partial charge is 0.481 e. The highest BCUT2D eigenvalue weighted by Crippen LogP contribution is 2.18. The third-order valence-electron chi connectivity index (χ3n) is 5.11. The monoisotopic (exact) mass is 467 g/mol. The van der Waals surface area contributed by atoms with Crippen LogP contribution in [0.15, 0.2) is 53.7 Å². The molecule has 2 amide bonds. The first kappa shape index (κ1) is 24.3. The fraction of sp³-hybridized carbons (Fsp3) is 0.333. The molecular formula is C24H29N5O3S. The van der Waals surface area contributed by atoms with Crippen molar-refractivity contribution in [2.24, 2.45) is 7.05 Å². The summed E-state index contributed by atoms with van der Waals surface area (Å²) < 4.78 is 7.48. The zero-order valence-electron chi connectivity index (χ0n) is 19.3. The molecule has 9 heteroatoms. The van der Waals surface area contributed by atoms with Crippen molar-refractivity contribution in [3.63, 3.8) is 0 Å². The maximum absolute atomic E-state index is 12.4. The lowest BCUT2D eigenvalue weighted by Crippen LogP contribution is -2.36. The number of thioether (sulfide) groups is 1. The van der Waals surface area contributed by atoms with Crippen molar-refractivity contribution in [2.45, 2.75) is 45.0 Å². The highest BCUT2D eigenvalue weighted by Gasteiger charge is 2.17. The van der Waals surface area contributed by atoms with Gasteiger partial charge in [0.1, 0.15) is 5.75 Å². The summed E-state index contributed by atoms with van der Waals surface area (Å²) in [5, 5.41) is 14.6. The minimum atomic E-state index is -0.648. The Kier molecular flexibility index (Phi) is 8.48. The van der Waals surface area contributed by atoms with Crippen LogP contribution in [0.3, 0.4) is 0 Å². The van der Waals surface area contributed by atoms with E-state index < -0.39 is 6.10 Å². The summed E-state index contributed by atoms with van der Waals surface area (Å²) in [4.78, 5) is 24.7. The van der Waals surface area contributed by atoms with E-state index in [0.29, 0.717) is 16.7 Å². The Bertz CT molecular complexity index is 1100. The molecule has 3 aromatic rings. The second-order valence-corrected chi connectivity index (χ2v) is 8.53. The smallest absolute Gasteiger partial charge is 0.261 e. The van der Waals surface area contributed by atoms with Crippen LogP contribution in [0.2, 0.25) is 0 Å². The molecule has 33 heavy (non-hydrogen) atoms. The number of carbonyl (C=O) groups excluding carboxylic acids is 2. The molecule has 0 unspecified atom stereocenters. The highest BCUT2D eigenvalue weighted by molar-refractivity contribution is 7.99. The third kappa shape index (κ3) is 6.82. The second-order valence-electron chi connectivity index (χ2n) is 7.58. The first-order chi connectivity index (χ1) is 15.9. The van der Waals surface area contributed by atoms with Gasteiger partial charge in [-0.3, -0.25) is 9.59 Å². The first-order valence-corrected chi connectivity index (χ1v) is 11.8. The molecule has 8 nitrogen and oxygen atoms in total. The quantitative estimate of drug-likeness (QED) is 0.443. The maximum Gasteiger partial charge on any atom is 0.261 e. The summed E-state index contributed by atoms with van der Waals surface area (Å²) in [5.41, 5.74) is 3.01. The van der Waals surface area contributed by atoms with Gasteiger partial charge in [0, 0.05) is 12.7 Å². The molecule has 1 heterocycles. The third-order valence-corrected chi connectivity index (χ3v) is 6.13. The van der Waals surface area contributed by atoms with Crippen LogP contribution in [0.1, 0.15) is 30.8 Å². The molecular weight excluding hydrogens is 438 g/mol. The number of aryl methyl sites for hydroxylation is 2. The number of nitrogens with one attached hydrogen (secondary N) is 2. The Hall–Kier alpha value is -3.33. The van der Waals surface area contributed by atoms with Crippen molar-refractivity contribution in [1.82, 2.24) is 20.1 Å². The van der Waals surface area contributed by atoms with Gasteiger partial charge in [0.25, 0.3) is 5.91 Å². The van der Waals surface area contributed by atoms with Gasteiger partial charge < -0.3 is 19.9 Å². The van der Waals surface area contributed by atoms with E-state index in [9.17, 15) is 9.59 Å². The zero-order valence-corrected chi connectivity index (χ0v) is 20.1. The SMILES string of the molecule is CCc1ccc(O[C@@H](C)C(=O)NCc2nnc(SCC(=O)Nc3ccccc3C)n2C)cc1. The van der Waals surface area contributed by atoms with Gasteiger partial charge in [-0.1, -0.05) is 49.0 Å². The van der Waals surface area contributed by atoms with Crippen molar-refractivity contribution in [3.8, 4) is 5.75 Å². The van der Waals surface area contributed by atoms with E-state index in [2.05, 4.69) is 27.8 Å². The molecule has 1 atom stereocenters. The number of aromatic nitrogens is 3. The zero-order chi connectivity index (χ0) is 23.8. The standard InChI is InChI=1S/C24H29N5O3S/c1-5-18-10-12-19(13-11-18)32-17(3)23(31)25-14-21-27-28-24(29(21)4)33-15-22(30)26-20-9-7-6-8-16(20)2/h6-13,17H,5,14-15H2,1-4H3,(H,25,31)(H,26,30)/t17-/m0/s1. The molecule has 1 aromatic heterocycles. The molecule has 0 spiro atoms. The van der Waals surface area contributed by atoms with Crippen LogP contribution < -0.4 is 15.4 Å². The average Bonchev–Trinajstić information content (AvgIpc) is 3.17. The van der Waals surface area contributed by atoms with Crippen molar-refractivity contribution in [1.29, 1.82) is 0 Å². The van der Waals surface area contributed by atoms with Gasteiger partial charge in [0.15, 0.2) is 17.1 Å². The number of amides is 2. The molecule has 0 fully saturated rings. The number of anilines is 1. The molecule has 0 bridgehead atoms. The molecule has 0 radical (unpaired) electrons. The van der Waals surface area contributed by atoms with Gasteiger partial charge in [0.05, 0.1) is 12.3 Å². The van der Waals surface area contributed by atoms with Crippen LogP contribution in [0.5, 0.6) is 5.75 Å². The van der Waals surface area contributed by atoms with Gasteiger partial charge >= 0.3 is 0 Å². The lowest BCUT2D eigenvalue weighted by atomic mass is 10.2. The summed E-state index contributed by atoms with van der Waals surface area (Å²) >= 11 is 1.29. The highest BCUT2D eigenvalue weighted by atomic mass is 32.2. The van der Waals surface area contributed by atoms with E-state index in [0.717, 1.165) is 17.7 Å². The number of nitrogens with zero attached hydrogens (tertiary/aromatic N) is 3. The Labute approximate surface area is 198 Å². The number of para-hydroxylation sites is 1. The molecule has 0 saturated heterocycles. The summed E-state index contributed by atoms with van der Waals surface area (Å²) in [6.07, 6.45) is 0.302. The van der Waals surface area contributed by atoms with Crippen LogP contribution in [0.25, 0.3) is 0 Å². The van der Waals surface area contributed by atoms with E-state index in [4.69, 9.17) is 4.74 Å². The lowest BCUT2D eigenvalue weighted by Gasteiger charge is -2.15. The Morgan fingerprint density at radius 2 is 1.85 bits per heavy atom. The van der Waals surface area contributed by atoms with Crippen LogP contribution in [0.4, 0.5) is 5.69 Å². The summed E-state index contributed by atoms with van der Waals surface area (Å²) in [6.45, 7) is 5.94. The molecule has 0 aliphatic carbocycles. The van der Waals surface area contributed by atoms with Crippen LogP contribution >= 0.6 is 11.8 Å². The molecule has 174 valence electrons. The fourth-order valence-electron chi connectivity index (χ4n) is 3.03. The number of rotatable bonds is 10. The molecule has 0 aliphatic rings. The van der Waals surface area contributed by atoms with E-state index in [1.54, 1.807) is 18.5 Å². The molecule has 0 aliphatic heterocycles. The number of carbonyl (C=O) groups is 2. The Morgan fingerprint density at radius 3 is 2.55 bits per heavy atom. The summed E-state index contributed by atoms with van der Waals surface area (Å²) in [6, 6.07) is 15.3.